The highest BCUT2D eigenvalue weighted by Gasteiger charge is 2.18. The third kappa shape index (κ3) is 5.17. The zero-order valence-electron chi connectivity index (χ0n) is 13.3. The molecule has 0 saturated heterocycles. The van der Waals surface area contributed by atoms with E-state index in [1.54, 1.807) is 32.2 Å². The molecule has 0 radical (unpaired) electrons. The first kappa shape index (κ1) is 18.3. The van der Waals surface area contributed by atoms with Gasteiger partial charge >= 0.3 is 0 Å². The SMILES string of the molecule is CCC(=CC(CNC(=O)c1cccnc1C)=NO)C(C)[N+](=O)[O-]. The second-order valence-electron chi connectivity index (χ2n) is 4.94. The molecule has 0 spiro atoms. The first-order valence-corrected chi connectivity index (χ1v) is 7.15. The van der Waals surface area contributed by atoms with Crippen molar-refractivity contribution >= 4 is 11.6 Å². The van der Waals surface area contributed by atoms with E-state index in [4.69, 9.17) is 5.21 Å². The van der Waals surface area contributed by atoms with E-state index in [0.29, 0.717) is 23.3 Å². The van der Waals surface area contributed by atoms with E-state index >= 15 is 0 Å². The fourth-order valence-electron chi connectivity index (χ4n) is 1.97. The summed E-state index contributed by atoms with van der Waals surface area (Å²) in [5, 5.41) is 25.6. The molecule has 0 bridgehead atoms. The Morgan fingerprint density at radius 3 is 2.83 bits per heavy atom. The molecular weight excluding hydrogens is 300 g/mol. The number of oxime groups is 1. The monoisotopic (exact) mass is 320 g/mol. The lowest BCUT2D eigenvalue weighted by Crippen LogP contribution is -2.30. The number of nitro groups is 1. The van der Waals surface area contributed by atoms with Crippen LogP contribution in [0.4, 0.5) is 0 Å². The van der Waals surface area contributed by atoms with Crippen molar-refractivity contribution < 1.29 is 14.9 Å². The molecule has 0 fully saturated rings. The lowest BCUT2D eigenvalue weighted by Gasteiger charge is -2.09. The predicted molar refractivity (Wildman–Crippen MR) is 85.4 cm³/mol. The minimum atomic E-state index is -0.881. The van der Waals surface area contributed by atoms with Crippen LogP contribution in [0, 0.1) is 17.0 Å². The van der Waals surface area contributed by atoms with Crippen molar-refractivity contribution in [3.05, 3.63) is 51.4 Å². The van der Waals surface area contributed by atoms with E-state index < -0.39 is 11.0 Å². The topological polar surface area (TPSA) is 118 Å². The molecule has 8 nitrogen and oxygen atoms in total. The number of pyridine rings is 1. The standard InChI is InChI=1S/C15H20N4O4/c1-4-12(11(3)19(22)23)8-13(18-21)9-17-15(20)14-6-5-7-16-10(14)2/h5-8,11,21H,4,9H2,1-3H3,(H,17,20). The van der Waals surface area contributed by atoms with Gasteiger partial charge in [0.05, 0.1) is 17.8 Å². The molecule has 1 unspecified atom stereocenters. The highest BCUT2D eigenvalue weighted by molar-refractivity contribution is 6.02. The van der Waals surface area contributed by atoms with Gasteiger partial charge in [0.25, 0.3) is 5.91 Å². The smallest absolute Gasteiger partial charge is 0.253 e. The summed E-state index contributed by atoms with van der Waals surface area (Å²) >= 11 is 0. The molecule has 0 aliphatic heterocycles. The van der Waals surface area contributed by atoms with Crippen LogP contribution in [0.1, 0.15) is 36.3 Å². The van der Waals surface area contributed by atoms with Crippen LogP contribution in [-0.4, -0.2) is 39.3 Å². The fourth-order valence-corrected chi connectivity index (χ4v) is 1.97. The predicted octanol–water partition coefficient (Wildman–Crippen LogP) is 1.95. The Labute approximate surface area is 134 Å². The molecule has 8 heteroatoms. The number of aromatic nitrogens is 1. The van der Waals surface area contributed by atoms with Gasteiger partial charge in [0.15, 0.2) is 0 Å². The number of carbonyl (C=O) groups excluding carboxylic acids is 1. The summed E-state index contributed by atoms with van der Waals surface area (Å²) < 4.78 is 0. The normalized spacial score (nSPS) is 13.5. The number of nitrogens with zero attached hydrogens (tertiary/aromatic N) is 3. The number of hydrogen-bond acceptors (Lipinski definition) is 6. The maximum absolute atomic E-state index is 12.1. The molecule has 1 heterocycles. The lowest BCUT2D eigenvalue weighted by atomic mass is 10.0. The number of rotatable bonds is 7. The zero-order chi connectivity index (χ0) is 17.4. The third-order valence-electron chi connectivity index (χ3n) is 3.42. The molecule has 1 rings (SSSR count). The first-order valence-electron chi connectivity index (χ1n) is 7.15. The summed E-state index contributed by atoms with van der Waals surface area (Å²) in [5.74, 6) is -0.356. The largest absolute Gasteiger partial charge is 0.411 e. The van der Waals surface area contributed by atoms with E-state index in [1.807, 2.05) is 0 Å². The highest BCUT2D eigenvalue weighted by Crippen LogP contribution is 2.10. The summed E-state index contributed by atoms with van der Waals surface area (Å²) in [5.41, 5.74) is 1.66. The van der Waals surface area contributed by atoms with Gasteiger partial charge in [0.1, 0.15) is 0 Å². The summed E-state index contributed by atoms with van der Waals surface area (Å²) in [6, 6.07) is 2.40. The molecule has 1 aromatic rings. The molecule has 0 aliphatic rings. The molecule has 0 aromatic carbocycles. The quantitative estimate of drug-likeness (QED) is 0.344. The molecule has 23 heavy (non-hydrogen) atoms. The van der Waals surface area contributed by atoms with Crippen molar-refractivity contribution in [2.24, 2.45) is 5.16 Å². The highest BCUT2D eigenvalue weighted by atomic mass is 16.6. The summed E-state index contributed by atoms with van der Waals surface area (Å²) in [4.78, 5) is 26.5. The fraction of sp³-hybridized carbons (Fsp3) is 0.400. The van der Waals surface area contributed by atoms with E-state index in [-0.39, 0.29) is 18.2 Å². The van der Waals surface area contributed by atoms with Crippen molar-refractivity contribution in [2.75, 3.05) is 6.54 Å². The van der Waals surface area contributed by atoms with Gasteiger partial charge in [-0.25, -0.2) is 0 Å². The van der Waals surface area contributed by atoms with Crippen LogP contribution in [-0.2, 0) is 0 Å². The Morgan fingerprint density at radius 2 is 2.30 bits per heavy atom. The maximum Gasteiger partial charge on any atom is 0.253 e. The van der Waals surface area contributed by atoms with Crippen LogP contribution in [0.25, 0.3) is 0 Å². The van der Waals surface area contributed by atoms with Crippen molar-refractivity contribution in [1.82, 2.24) is 10.3 Å². The second kappa shape index (κ2) is 8.62. The molecule has 124 valence electrons. The van der Waals surface area contributed by atoms with Crippen molar-refractivity contribution in [3.8, 4) is 0 Å². The van der Waals surface area contributed by atoms with E-state index in [2.05, 4.69) is 15.5 Å². The Bertz CT molecular complexity index is 640. The van der Waals surface area contributed by atoms with Gasteiger partial charge in [-0.15, -0.1) is 0 Å². The first-order chi connectivity index (χ1) is 10.9. The number of aryl methyl sites for hydroxylation is 1. The second-order valence-corrected chi connectivity index (χ2v) is 4.94. The van der Waals surface area contributed by atoms with Gasteiger partial charge < -0.3 is 10.5 Å². The van der Waals surface area contributed by atoms with Crippen molar-refractivity contribution in [1.29, 1.82) is 0 Å². The van der Waals surface area contributed by atoms with E-state index in [1.165, 1.54) is 13.0 Å². The third-order valence-corrected chi connectivity index (χ3v) is 3.42. The van der Waals surface area contributed by atoms with Gasteiger partial charge in [-0.2, -0.15) is 0 Å². The van der Waals surface area contributed by atoms with Gasteiger partial charge in [0, 0.05) is 29.3 Å². The van der Waals surface area contributed by atoms with Crippen LogP contribution in [0.5, 0.6) is 0 Å². The Kier molecular flexibility index (Phi) is 6.85. The minimum Gasteiger partial charge on any atom is -0.411 e. The maximum atomic E-state index is 12.1. The van der Waals surface area contributed by atoms with Crippen LogP contribution >= 0.6 is 0 Å². The minimum absolute atomic E-state index is 0.0440. The Balaban J connectivity index is 2.80. The van der Waals surface area contributed by atoms with Crippen LogP contribution in [0.2, 0.25) is 0 Å². The van der Waals surface area contributed by atoms with Gasteiger partial charge in [-0.05, 0) is 31.6 Å². The van der Waals surface area contributed by atoms with Gasteiger partial charge in [-0.3, -0.25) is 19.9 Å². The molecule has 2 N–H and O–H groups in total. The van der Waals surface area contributed by atoms with E-state index in [0.717, 1.165) is 0 Å². The van der Waals surface area contributed by atoms with Gasteiger partial charge in [0.2, 0.25) is 6.04 Å². The summed E-state index contributed by atoms with van der Waals surface area (Å²) in [6.45, 7) is 4.90. The van der Waals surface area contributed by atoms with Crippen LogP contribution in [0.3, 0.4) is 0 Å². The number of hydrogen-bond donors (Lipinski definition) is 2. The van der Waals surface area contributed by atoms with Crippen LogP contribution in [0.15, 0.2) is 35.1 Å². The molecular formula is C15H20N4O4. The average molecular weight is 320 g/mol. The molecule has 1 atom stereocenters. The van der Waals surface area contributed by atoms with Gasteiger partial charge in [-0.1, -0.05) is 12.1 Å². The molecule has 0 aliphatic carbocycles. The zero-order valence-corrected chi connectivity index (χ0v) is 13.3. The Morgan fingerprint density at radius 1 is 1.61 bits per heavy atom. The average Bonchev–Trinajstić information content (AvgIpc) is 2.54. The number of carbonyl (C=O) groups is 1. The van der Waals surface area contributed by atoms with Crippen molar-refractivity contribution in [2.45, 2.75) is 33.2 Å². The number of amides is 1. The van der Waals surface area contributed by atoms with Crippen molar-refractivity contribution in [3.63, 3.8) is 0 Å². The summed E-state index contributed by atoms with van der Waals surface area (Å²) in [6.07, 6.45) is 3.46. The molecule has 0 saturated carbocycles. The van der Waals surface area contributed by atoms with E-state index in [9.17, 15) is 14.9 Å². The van der Waals surface area contributed by atoms with Crippen LogP contribution < -0.4 is 5.32 Å². The lowest BCUT2D eigenvalue weighted by molar-refractivity contribution is -0.507. The Hall–Kier alpha value is -2.77. The molecule has 1 aromatic heterocycles. The molecule has 1 amide bonds. The summed E-state index contributed by atoms with van der Waals surface area (Å²) in [7, 11) is 0. The number of nitrogens with one attached hydrogen (secondary N) is 1.